The summed E-state index contributed by atoms with van der Waals surface area (Å²) in [6, 6.07) is 8.05. The van der Waals surface area contributed by atoms with E-state index in [1.54, 1.807) is 6.92 Å². The van der Waals surface area contributed by atoms with Gasteiger partial charge in [0.2, 0.25) is 0 Å². The molecule has 2 atom stereocenters. The van der Waals surface area contributed by atoms with Gasteiger partial charge in [0.15, 0.2) is 5.78 Å². The highest BCUT2D eigenvalue weighted by molar-refractivity contribution is 14.1. The van der Waals surface area contributed by atoms with E-state index < -0.39 is 5.92 Å². The highest BCUT2D eigenvalue weighted by atomic mass is 127. The quantitative estimate of drug-likeness (QED) is 0.503. The van der Waals surface area contributed by atoms with Crippen LogP contribution in [-0.2, 0) is 14.3 Å². The van der Waals surface area contributed by atoms with Crippen molar-refractivity contribution in [1.82, 2.24) is 0 Å². The molecule has 1 aromatic carbocycles. The van der Waals surface area contributed by atoms with E-state index in [1.165, 1.54) is 0 Å². The van der Waals surface area contributed by atoms with Crippen LogP contribution in [0.15, 0.2) is 40.5 Å². The molecule has 0 fully saturated rings. The predicted molar refractivity (Wildman–Crippen MR) is 106 cm³/mol. The lowest BCUT2D eigenvalue weighted by molar-refractivity contribution is -0.146. The van der Waals surface area contributed by atoms with Gasteiger partial charge in [-0.2, -0.15) is 0 Å². The second-order valence-corrected chi connectivity index (χ2v) is 7.60. The molecule has 0 amide bonds. The van der Waals surface area contributed by atoms with Crippen LogP contribution in [0.25, 0.3) is 0 Å². The second kappa shape index (κ2) is 7.81. The average Bonchev–Trinajstić information content (AvgIpc) is 2.60. The van der Waals surface area contributed by atoms with Crippen molar-refractivity contribution in [2.24, 2.45) is 10.9 Å². The summed E-state index contributed by atoms with van der Waals surface area (Å²) >= 11 is 2.26. The van der Waals surface area contributed by atoms with Gasteiger partial charge in [-0.15, -0.1) is 0 Å². The van der Waals surface area contributed by atoms with Gasteiger partial charge >= 0.3 is 5.97 Å². The Morgan fingerprint density at radius 3 is 2.80 bits per heavy atom. The summed E-state index contributed by atoms with van der Waals surface area (Å²) in [7, 11) is 0. The zero-order chi connectivity index (χ0) is 18.0. The van der Waals surface area contributed by atoms with Crippen LogP contribution >= 0.6 is 22.6 Å². The van der Waals surface area contributed by atoms with E-state index in [4.69, 9.17) is 9.73 Å². The molecule has 132 valence electrons. The SMILES string of the molecule is CCOC(=O)C1C(CC)=NC2=C(C(=O)CCC2)[C@H]1c1cccc(I)c1. The first-order chi connectivity index (χ1) is 12.1. The molecule has 0 saturated carbocycles. The lowest BCUT2D eigenvalue weighted by Gasteiger charge is -2.35. The standard InChI is InChI=1S/C20H22INO3/c1-3-14-19(20(24)25-4-2)17(12-7-5-8-13(21)11-12)18-15(22-14)9-6-10-16(18)23/h5,7-8,11,17,19H,3-4,6,9-10H2,1-2H3/t17-,19?/m1/s1. The van der Waals surface area contributed by atoms with E-state index in [0.29, 0.717) is 19.4 Å². The molecule has 0 spiro atoms. The van der Waals surface area contributed by atoms with E-state index in [-0.39, 0.29) is 17.7 Å². The van der Waals surface area contributed by atoms with Crippen molar-refractivity contribution in [3.63, 3.8) is 0 Å². The number of rotatable bonds is 4. The highest BCUT2D eigenvalue weighted by Crippen LogP contribution is 2.44. The minimum absolute atomic E-state index is 0.123. The predicted octanol–water partition coefficient (Wildman–Crippen LogP) is 4.43. The number of hydrogen-bond donors (Lipinski definition) is 0. The number of Topliss-reactive ketones (excluding diaryl/α,β-unsaturated/α-hetero) is 1. The Labute approximate surface area is 161 Å². The van der Waals surface area contributed by atoms with Gasteiger partial charge < -0.3 is 4.74 Å². The maximum Gasteiger partial charge on any atom is 0.315 e. The number of aliphatic imine (C=N–C) groups is 1. The van der Waals surface area contributed by atoms with Crippen molar-refractivity contribution in [3.05, 3.63) is 44.7 Å². The summed E-state index contributed by atoms with van der Waals surface area (Å²) in [5.41, 5.74) is 3.42. The van der Waals surface area contributed by atoms with Gasteiger partial charge in [0.1, 0.15) is 5.92 Å². The average molecular weight is 451 g/mol. The van der Waals surface area contributed by atoms with Crippen molar-refractivity contribution >= 4 is 40.1 Å². The molecule has 0 saturated heterocycles. The van der Waals surface area contributed by atoms with Crippen molar-refractivity contribution < 1.29 is 14.3 Å². The molecule has 0 aromatic heterocycles. The summed E-state index contributed by atoms with van der Waals surface area (Å²) < 4.78 is 6.44. The van der Waals surface area contributed by atoms with Crippen LogP contribution in [0.4, 0.5) is 0 Å². The van der Waals surface area contributed by atoms with Crippen LogP contribution in [0.5, 0.6) is 0 Å². The van der Waals surface area contributed by atoms with Gasteiger partial charge in [-0.05, 0) is 66.5 Å². The first-order valence-electron chi connectivity index (χ1n) is 8.82. The van der Waals surface area contributed by atoms with Crippen molar-refractivity contribution in [2.75, 3.05) is 6.61 Å². The monoisotopic (exact) mass is 451 g/mol. The molecule has 1 aliphatic carbocycles. The highest BCUT2D eigenvalue weighted by Gasteiger charge is 2.43. The number of carbonyl (C=O) groups excluding carboxylic acids is 2. The Balaban J connectivity index is 2.18. The second-order valence-electron chi connectivity index (χ2n) is 6.36. The van der Waals surface area contributed by atoms with Crippen LogP contribution < -0.4 is 0 Å². The van der Waals surface area contributed by atoms with Crippen LogP contribution in [-0.4, -0.2) is 24.1 Å². The Morgan fingerprint density at radius 2 is 2.12 bits per heavy atom. The molecule has 0 N–H and O–H groups in total. The molecule has 0 radical (unpaired) electrons. The van der Waals surface area contributed by atoms with Gasteiger partial charge in [0.05, 0.1) is 6.61 Å². The molecule has 1 unspecified atom stereocenters. The maximum absolute atomic E-state index is 12.8. The fourth-order valence-corrected chi connectivity index (χ4v) is 4.35. The summed E-state index contributed by atoms with van der Waals surface area (Å²) in [4.78, 5) is 30.2. The van der Waals surface area contributed by atoms with Crippen LogP contribution in [0, 0.1) is 9.49 Å². The Hall–Kier alpha value is -1.50. The van der Waals surface area contributed by atoms with Crippen LogP contribution in [0.1, 0.15) is 51.0 Å². The zero-order valence-electron chi connectivity index (χ0n) is 14.5. The van der Waals surface area contributed by atoms with E-state index in [2.05, 4.69) is 28.7 Å². The zero-order valence-corrected chi connectivity index (χ0v) is 16.7. The molecule has 1 heterocycles. The topological polar surface area (TPSA) is 55.7 Å². The fraction of sp³-hybridized carbons (Fsp3) is 0.450. The van der Waals surface area contributed by atoms with E-state index in [9.17, 15) is 9.59 Å². The molecule has 2 aliphatic rings. The number of benzene rings is 1. The molecule has 1 aromatic rings. The summed E-state index contributed by atoms with van der Waals surface area (Å²) in [5.74, 6) is -0.955. The summed E-state index contributed by atoms with van der Waals surface area (Å²) in [5, 5.41) is 0. The van der Waals surface area contributed by atoms with Gasteiger partial charge in [0, 0.05) is 32.9 Å². The number of allylic oxidation sites excluding steroid dienone is 2. The van der Waals surface area contributed by atoms with E-state index in [0.717, 1.165) is 39.0 Å². The molecule has 5 heteroatoms. The third-order valence-corrected chi connectivity index (χ3v) is 5.49. The maximum atomic E-state index is 12.8. The normalized spacial score (nSPS) is 23.2. The molecule has 3 rings (SSSR count). The van der Waals surface area contributed by atoms with Gasteiger partial charge in [0.25, 0.3) is 0 Å². The number of halogens is 1. The lowest BCUT2D eigenvalue weighted by Crippen LogP contribution is -2.38. The van der Waals surface area contributed by atoms with Crippen molar-refractivity contribution in [1.29, 1.82) is 0 Å². The largest absolute Gasteiger partial charge is 0.465 e. The van der Waals surface area contributed by atoms with E-state index in [1.807, 2.05) is 25.1 Å². The summed E-state index contributed by atoms with van der Waals surface area (Å²) in [6.45, 7) is 4.14. The molecule has 4 nitrogen and oxygen atoms in total. The number of nitrogens with zero attached hydrogens (tertiary/aromatic N) is 1. The number of carbonyl (C=O) groups is 2. The third kappa shape index (κ3) is 3.57. The minimum Gasteiger partial charge on any atom is -0.465 e. The summed E-state index contributed by atoms with van der Waals surface area (Å²) in [6.07, 6.45) is 2.85. The van der Waals surface area contributed by atoms with Crippen molar-refractivity contribution in [2.45, 2.75) is 45.4 Å². The van der Waals surface area contributed by atoms with Gasteiger partial charge in [-0.25, -0.2) is 0 Å². The number of ketones is 1. The van der Waals surface area contributed by atoms with Gasteiger partial charge in [-0.3, -0.25) is 14.6 Å². The number of hydrogen-bond acceptors (Lipinski definition) is 4. The molecular formula is C20H22INO3. The first-order valence-corrected chi connectivity index (χ1v) is 9.90. The Kier molecular flexibility index (Phi) is 5.71. The lowest BCUT2D eigenvalue weighted by atomic mass is 9.71. The molecule has 25 heavy (non-hydrogen) atoms. The van der Waals surface area contributed by atoms with Crippen LogP contribution in [0.3, 0.4) is 0 Å². The minimum atomic E-state index is -0.510. The smallest absolute Gasteiger partial charge is 0.315 e. The first kappa shape index (κ1) is 18.3. The Bertz CT molecular complexity index is 766. The fourth-order valence-electron chi connectivity index (χ4n) is 3.78. The van der Waals surface area contributed by atoms with E-state index >= 15 is 0 Å². The molecule has 1 aliphatic heterocycles. The van der Waals surface area contributed by atoms with Gasteiger partial charge in [-0.1, -0.05) is 19.1 Å². The number of ether oxygens (including phenoxy) is 1. The van der Waals surface area contributed by atoms with Crippen LogP contribution in [0.2, 0.25) is 0 Å². The molecule has 0 bridgehead atoms. The Morgan fingerprint density at radius 1 is 1.32 bits per heavy atom. The molecular weight excluding hydrogens is 429 g/mol. The van der Waals surface area contributed by atoms with Crippen molar-refractivity contribution in [3.8, 4) is 0 Å². The third-order valence-electron chi connectivity index (χ3n) is 4.82. The number of esters is 1.